The highest BCUT2D eigenvalue weighted by molar-refractivity contribution is 5.20. The summed E-state index contributed by atoms with van der Waals surface area (Å²) in [7, 11) is 1.70. The quantitative estimate of drug-likeness (QED) is 0.682. The second-order valence-corrected chi connectivity index (χ2v) is 4.59. The van der Waals surface area contributed by atoms with Gasteiger partial charge in [0.05, 0.1) is 6.61 Å². The molecule has 1 aromatic carbocycles. The maximum Gasteiger partial charge on any atom is 0.123 e. The standard InChI is InChI=1S/C15H24FNO/c1-3-4-5-14(12-17-10-11-18-2)13-6-8-15(16)9-7-13/h6-9,14,17H,3-5,10-12H2,1-2H3. The fourth-order valence-corrected chi connectivity index (χ4v) is 2.02. The smallest absolute Gasteiger partial charge is 0.123 e. The molecule has 0 saturated carbocycles. The summed E-state index contributed by atoms with van der Waals surface area (Å²) in [5, 5.41) is 3.39. The van der Waals surface area contributed by atoms with Crippen LogP contribution in [0.25, 0.3) is 0 Å². The summed E-state index contributed by atoms with van der Waals surface area (Å²) in [5.41, 5.74) is 1.22. The van der Waals surface area contributed by atoms with Crippen molar-refractivity contribution in [3.8, 4) is 0 Å². The van der Waals surface area contributed by atoms with E-state index < -0.39 is 0 Å². The summed E-state index contributed by atoms with van der Waals surface area (Å²) in [4.78, 5) is 0. The topological polar surface area (TPSA) is 21.3 Å². The molecule has 3 heteroatoms. The van der Waals surface area contributed by atoms with E-state index in [0.29, 0.717) is 5.92 Å². The van der Waals surface area contributed by atoms with Gasteiger partial charge in [-0.25, -0.2) is 4.39 Å². The van der Waals surface area contributed by atoms with E-state index in [0.717, 1.165) is 26.1 Å². The zero-order chi connectivity index (χ0) is 13.2. The Bertz CT molecular complexity index is 313. The molecule has 102 valence electrons. The van der Waals surface area contributed by atoms with Crippen molar-refractivity contribution in [3.05, 3.63) is 35.6 Å². The average Bonchev–Trinajstić information content (AvgIpc) is 2.39. The third-order valence-electron chi connectivity index (χ3n) is 3.12. The highest BCUT2D eigenvalue weighted by atomic mass is 19.1. The average molecular weight is 253 g/mol. The molecule has 18 heavy (non-hydrogen) atoms. The lowest BCUT2D eigenvalue weighted by atomic mass is 9.93. The number of hydrogen-bond acceptors (Lipinski definition) is 2. The minimum absolute atomic E-state index is 0.166. The number of nitrogens with one attached hydrogen (secondary N) is 1. The van der Waals surface area contributed by atoms with Gasteiger partial charge >= 0.3 is 0 Å². The lowest BCUT2D eigenvalue weighted by molar-refractivity contribution is 0.198. The molecule has 1 unspecified atom stereocenters. The van der Waals surface area contributed by atoms with Gasteiger partial charge in [-0.3, -0.25) is 0 Å². The predicted octanol–water partition coefficient (Wildman–Crippen LogP) is 3.34. The van der Waals surface area contributed by atoms with E-state index >= 15 is 0 Å². The Hall–Kier alpha value is -0.930. The highest BCUT2D eigenvalue weighted by Gasteiger charge is 2.10. The number of methoxy groups -OCH3 is 1. The highest BCUT2D eigenvalue weighted by Crippen LogP contribution is 2.21. The summed E-state index contributed by atoms with van der Waals surface area (Å²) < 4.78 is 17.9. The molecule has 0 aliphatic heterocycles. The molecule has 0 amide bonds. The summed E-state index contributed by atoms with van der Waals surface area (Å²) in [5.74, 6) is 0.294. The third-order valence-corrected chi connectivity index (χ3v) is 3.12. The van der Waals surface area contributed by atoms with E-state index in [2.05, 4.69) is 12.2 Å². The van der Waals surface area contributed by atoms with Gasteiger partial charge in [-0.2, -0.15) is 0 Å². The molecular formula is C15H24FNO. The SMILES string of the molecule is CCCCC(CNCCOC)c1ccc(F)cc1. The van der Waals surface area contributed by atoms with Gasteiger partial charge in [0.1, 0.15) is 5.82 Å². The molecule has 0 radical (unpaired) electrons. The van der Waals surface area contributed by atoms with Crippen LogP contribution in [-0.2, 0) is 4.74 Å². The van der Waals surface area contributed by atoms with Crippen molar-refractivity contribution >= 4 is 0 Å². The van der Waals surface area contributed by atoms with Gasteiger partial charge < -0.3 is 10.1 Å². The normalized spacial score (nSPS) is 12.6. The first-order valence-electron chi connectivity index (χ1n) is 6.73. The van der Waals surface area contributed by atoms with Crippen LogP contribution in [0.2, 0.25) is 0 Å². The largest absolute Gasteiger partial charge is 0.383 e. The van der Waals surface area contributed by atoms with E-state index in [9.17, 15) is 4.39 Å². The predicted molar refractivity (Wildman–Crippen MR) is 73.4 cm³/mol. The number of benzene rings is 1. The number of ether oxygens (including phenoxy) is 1. The van der Waals surface area contributed by atoms with Gasteiger partial charge in [0.25, 0.3) is 0 Å². The molecule has 0 saturated heterocycles. The van der Waals surface area contributed by atoms with Crippen LogP contribution in [0.1, 0.15) is 37.7 Å². The van der Waals surface area contributed by atoms with Crippen molar-refractivity contribution in [2.45, 2.75) is 32.1 Å². The molecule has 0 heterocycles. The van der Waals surface area contributed by atoms with Crippen LogP contribution in [0.3, 0.4) is 0 Å². The molecule has 1 N–H and O–H groups in total. The van der Waals surface area contributed by atoms with Crippen molar-refractivity contribution in [1.29, 1.82) is 0 Å². The van der Waals surface area contributed by atoms with Crippen molar-refractivity contribution in [1.82, 2.24) is 5.32 Å². The summed E-state index contributed by atoms with van der Waals surface area (Å²) in [6, 6.07) is 6.88. The van der Waals surface area contributed by atoms with Crippen molar-refractivity contribution < 1.29 is 9.13 Å². The molecule has 0 aromatic heterocycles. The Morgan fingerprint density at radius 1 is 1.28 bits per heavy atom. The Morgan fingerprint density at radius 2 is 2.00 bits per heavy atom. The number of rotatable bonds is 9. The molecule has 0 bridgehead atoms. The van der Waals surface area contributed by atoms with Crippen LogP contribution in [0.5, 0.6) is 0 Å². The molecule has 1 atom stereocenters. The second-order valence-electron chi connectivity index (χ2n) is 4.59. The minimum Gasteiger partial charge on any atom is -0.383 e. The van der Waals surface area contributed by atoms with Gasteiger partial charge in [0, 0.05) is 20.2 Å². The summed E-state index contributed by atoms with van der Waals surface area (Å²) in [6.07, 6.45) is 3.53. The maximum absolute atomic E-state index is 12.9. The molecular weight excluding hydrogens is 229 g/mol. The molecule has 0 spiro atoms. The number of hydrogen-bond donors (Lipinski definition) is 1. The maximum atomic E-state index is 12.9. The summed E-state index contributed by atoms with van der Waals surface area (Å²) in [6.45, 7) is 4.71. The van der Waals surface area contributed by atoms with E-state index in [1.165, 1.54) is 18.4 Å². The Balaban J connectivity index is 2.51. The molecule has 1 aromatic rings. The van der Waals surface area contributed by atoms with Crippen LogP contribution in [-0.4, -0.2) is 26.8 Å². The second kappa shape index (κ2) is 9.06. The van der Waals surface area contributed by atoms with Gasteiger partial charge in [0.15, 0.2) is 0 Å². The van der Waals surface area contributed by atoms with Gasteiger partial charge in [0.2, 0.25) is 0 Å². The van der Waals surface area contributed by atoms with Crippen molar-refractivity contribution in [2.24, 2.45) is 0 Å². The fraction of sp³-hybridized carbons (Fsp3) is 0.600. The van der Waals surface area contributed by atoms with Crippen LogP contribution in [0.4, 0.5) is 4.39 Å². The first-order valence-corrected chi connectivity index (χ1v) is 6.73. The lowest BCUT2D eigenvalue weighted by Crippen LogP contribution is -2.25. The molecule has 0 aliphatic carbocycles. The zero-order valence-electron chi connectivity index (χ0n) is 11.4. The van der Waals surface area contributed by atoms with E-state index in [-0.39, 0.29) is 5.82 Å². The number of halogens is 1. The van der Waals surface area contributed by atoms with Crippen molar-refractivity contribution in [2.75, 3.05) is 26.8 Å². The molecule has 0 fully saturated rings. The lowest BCUT2D eigenvalue weighted by Gasteiger charge is -2.18. The van der Waals surface area contributed by atoms with E-state index in [1.807, 2.05) is 12.1 Å². The number of unbranched alkanes of at least 4 members (excludes halogenated alkanes) is 1. The van der Waals surface area contributed by atoms with E-state index in [4.69, 9.17) is 4.74 Å². The summed E-state index contributed by atoms with van der Waals surface area (Å²) >= 11 is 0. The molecule has 2 nitrogen and oxygen atoms in total. The van der Waals surface area contributed by atoms with E-state index in [1.54, 1.807) is 19.2 Å². The van der Waals surface area contributed by atoms with Gasteiger partial charge in [-0.1, -0.05) is 31.9 Å². The van der Waals surface area contributed by atoms with Gasteiger partial charge in [-0.05, 0) is 30.0 Å². The van der Waals surface area contributed by atoms with Crippen molar-refractivity contribution in [3.63, 3.8) is 0 Å². The Morgan fingerprint density at radius 3 is 2.61 bits per heavy atom. The third kappa shape index (κ3) is 5.61. The molecule has 1 rings (SSSR count). The van der Waals surface area contributed by atoms with Crippen LogP contribution in [0, 0.1) is 5.82 Å². The monoisotopic (exact) mass is 253 g/mol. The van der Waals surface area contributed by atoms with Crippen LogP contribution in [0.15, 0.2) is 24.3 Å². The Labute approximate surface area is 110 Å². The minimum atomic E-state index is -0.166. The Kier molecular flexibility index (Phi) is 7.62. The fourth-order valence-electron chi connectivity index (χ4n) is 2.02. The first kappa shape index (κ1) is 15.1. The van der Waals surface area contributed by atoms with Crippen LogP contribution < -0.4 is 5.32 Å². The van der Waals surface area contributed by atoms with Crippen LogP contribution >= 0.6 is 0 Å². The first-order chi connectivity index (χ1) is 8.77. The van der Waals surface area contributed by atoms with Gasteiger partial charge in [-0.15, -0.1) is 0 Å². The molecule has 0 aliphatic rings. The zero-order valence-corrected chi connectivity index (χ0v) is 11.4.